The van der Waals surface area contributed by atoms with Crippen LogP contribution in [-0.2, 0) is 14.3 Å². The van der Waals surface area contributed by atoms with E-state index < -0.39 is 24.0 Å². The molecule has 7 nitrogen and oxygen atoms in total. The first-order chi connectivity index (χ1) is 14.6. The minimum absolute atomic E-state index is 0.356. The van der Waals surface area contributed by atoms with E-state index in [1.54, 1.807) is 43.3 Å². The molecule has 3 aromatic rings. The summed E-state index contributed by atoms with van der Waals surface area (Å²) < 4.78 is 10.9. The van der Waals surface area contributed by atoms with E-state index in [1.165, 1.54) is 0 Å². The molecule has 0 heterocycles. The topological polar surface area (TPSA) is 93.7 Å². The van der Waals surface area contributed by atoms with Crippen LogP contribution in [0.25, 0.3) is 10.8 Å². The minimum Gasteiger partial charge on any atom is -0.482 e. The van der Waals surface area contributed by atoms with Crippen LogP contribution in [0.5, 0.6) is 5.75 Å². The standard InChI is InChI=1S/C23H22N2O5/c1-2-24-23(28)25-22(27)21(17-9-4-3-5-10-17)30-20(26)15-29-19-13-12-16-8-6-7-11-18(16)14-19/h3-14,21H,2,15H2,1H3,(H2,24,25,27,28)/t21-/m1/s1. The number of nitrogens with one attached hydrogen (secondary N) is 2. The molecular formula is C23H22N2O5. The van der Waals surface area contributed by atoms with Crippen LogP contribution in [0.1, 0.15) is 18.6 Å². The van der Waals surface area contributed by atoms with Crippen molar-refractivity contribution in [3.63, 3.8) is 0 Å². The molecular weight excluding hydrogens is 384 g/mol. The molecule has 30 heavy (non-hydrogen) atoms. The normalized spacial score (nSPS) is 11.4. The van der Waals surface area contributed by atoms with Crippen molar-refractivity contribution < 1.29 is 23.9 Å². The fraction of sp³-hybridized carbons (Fsp3) is 0.174. The van der Waals surface area contributed by atoms with Gasteiger partial charge in [-0.25, -0.2) is 9.59 Å². The number of hydrogen-bond donors (Lipinski definition) is 2. The minimum atomic E-state index is -1.28. The highest BCUT2D eigenvalue weighted by Gasteiger charge is 2.26. The van der Waals surface area contributed by atoms with Gasteiger partial charge in [0, 0.05) is 12.1 Å². The molecule has 3 rings (SSSR count). The van der Waals surface area contributed by atoms with Gasteiger partial charge in [-0.1, -0.05) is 60.7 Å². The molecule has 3 aromatic carbocycles. The maximum Gasteiger partial charge on any atom is 0.345 e. The summed E-state index contributed by atoms with van der Waals surface area (Å²) in [6.45, 7) is 1.70. The Morgan fingerprint density at radius 2 is 1.60 bits per heavy atom. The van der Waals surface area contributed by atoms with Gasteiger partial charge in [0.1, 0.15) is 5.75 Å². The number of esters is 1. The fourth-order valence-electron chi connectivity index (χ4n) is 2.85. The lowest BCUT2D eigenvalue weighted by Crippen LogP contribution is -2.42. The first-order valence-electron chi connectivity index (χ1n) is 9.51. The van der Waals surface area contributed by atoms with E-state index in [0.29, 0.717) is 17.9 Å². The average molecular weight is 406 g/mol. The summed E-state index contributed by atoms with van der Waals surface area (Å²) in [6.07, 6.45) is -1.28. The predicted molar refractivity (Wildman–Crippen MR) is 112 cm³/mol. The fourth-order valence-corrected chi connectivity index (χ4v) is 2.85. The first kappa shape index (κ1) is 20.9. The number of urea groups is 1. The molecule has 0 aliphatic heterocycles. The summed E-state index contributed by atoms with van der Waals surface area (Å²) in [5, 5.41) is 6.67. The molecule has 0 aromatic heterocycles. The smallest absolute Gasteiger partial charge is 0.345 e. The third-order valence-electron chi connectivity index (χ3n) is 4.24. The van der Waals surface area contributed by atoms with Gasteiger partial charge in [0.2, 0.25) is 6.10 Å². The van der Waals surface area contributed by atoms with Crippen LogP contribution in [0.2, 0.25) is 0 Å². The van der Waals surface area contributed by atoms with Crippen molar-refractivity contribution in [3.8, 4) is 5.75 Å². The third kappa shape index (κ3) is 5.57. The molecule has 2 N–H and O–H groups in total. The zero-order chi connectivity index (χ0) is 21.3. The molecule has 0 fully saturated rings. The molecule has 3 amide bonds. The van der Waals surface area contributed by atoms with Gasteiger partial charge in [0.15, 0.2) is 6.61 Å². The third-order valence-corrected chi connectivity index (χ3v) is 4.24. The Balaban J connectivity index is 1.66. The van der Waals surface area contributed by atoms with Crippen molar-refractivity contribution in [1.82, 2.24) is 10.6 Å². The van der Waals surface area contributed by atoms with Gasteiger partial charge in [0.05, 0.1) is 0 Å². The van der Waals surface area contributed by atoms with Gasteiger partial charge in [0.25, 0.3) is 5.91 Å². The largest absolute Gasteiger partial charge is 0.482 e. The maximum absolute atomic E-state index is 12.5. The Hall–Kier alpha value is -3.87. The Kier molecular flexibility index (Phi) is 7.00. The molecule has 0 radical (unpaired) electrons. The van der Waals surface area contributed by atoms with Crippen molar-refractivity contribution in [2.24, 2.45) is 0 Å². The van der Waals surface area contributed by atoms with E-state index in [1.807, 2.05) is 36.4 Å². The predicted octanol–water partition coefficient (Wildman–Crippen LogP) is 3.35. The lowest BCUT2D eigenvalue weighted by atomic mass is 10.1. The second-order valence-electron chi connectivity index (χ2n) is 6.43. The van der Waals surface area contributed by atoms with Gasteiger partial charge in [-0.05, 0) is 29.8 Å². The highest BCUT2D eigenvalue weighted by atomic mass is 16.6. The molecule has 0 aliphatic carbocycles. The second kappa shape index (κ2) is 10.1. The molecule has 0 aliphatic rings. The quantitative estimate of drug-likeness (QED) is 0.587. The average Bonchev–Trinajstić information content (AvgIpc) is 2.76. The van der Waals surface area contributed by atoms with Crippen molar-refractivity contribution >= 4 is 28.7 Å². The SMILES string of the molecule is CCNC(=O)NC(=O)[C@H](OC(=O)COc1ccc2ccccc2c1)c1ccccc1. The Bertz CT molecular complexity index is 1040. The number of carbonyl (C=O) groups is 3. The molecule has 0 bridgehead atoms. The second-order valence-corrected chi connectivity index (χ2v) is 6.43. The lowest BCUT2D eigenvalue weighted by molar-refractivity contribution is -0.158. The van der Waals surface area contributed by atoms with E-state index in [0.717, 1.165) is 10.8 Å². The van der Waals surface area contributed by atoms with E-state index in [-0.39, 0.29) is 6.61 Å². The first-order valence-corrected chi connectivity index (χ1v) is 9.51. The number of ether oxygens (including phenoxy) is 2. The van der Waals surface area contributed by atoms with Crippen molar-refractivity contribution in [2.45, 2.75) is 13.0 Å². The highest BCUT2D eigenvalue weighted by Crippen LogP contribution is 2.21. The van der Waals surface area contributed by atoms with Crippen molar-refractivity contribution in [2.75, 3.05) is 13.2 Å². The van der Waals surface area contributed by atoms with Crippen LogP contribution < -0.4 is 15.4 Å². The van der Waals surface area contributed by atoms with Crippen molar-refractivity contribution in [3.05, 3.63) is 78.4 Å². The highest BCUT2D eigenvalue weighted by molar-refractivity contribution is 5.97. The molecule has 0 saturated carbocycles. The molecule has 0 spiro atoms. The number of amides is 3. The van der Waals surface area contributed by atoms with Crippen LogP contribution in [0, 0.1) is 0 Å². The summed E-state index contributed by atoms with van der Waals surface area (Å²) >= 11 is 0. The number of hydrogen-bond acceptors (Lipinski definition) is 5. The summed E-state index contributed by atoms with van der Waals surface area (Å²) in [7, 11) is 0. The number of rotatable bonds is 7. The van der Waals surface area contributed by atoms with Crippen LogP contribution >= 0.6 is 0 Å². The molecule has 0 unspecified atom stereocenters. The van der Waals surface area contributed by atoms with Crippen LogP contribution in [0.4, 0.5) is 4.79 Å². The number of benzene rings is 3. The van der Waals surface area contributed by atoms with Crippen LogP contribution in [0.15, 0.2) is 72.8 Å². The van der Waals surface area contributed by atoms with Crippen molar-refractivity contribution in [1.29, 1.82) is 0 Å². The number of carbonyl (C=O) groups excluding carboxylic acids is 3. The molecule has 154 valence electrons. The lowest BCUT2D eigenvalue weighted by Gasteiger charge is -2.18. The Labute approximate surface area is 174 Å². The molecule has 7 heteroatoms. The van der Waals surface area contributed by atoms with Gasteiger partial charge in [-0.2, -0.15) is 0 Å². The summed E-state index contributed by atoms with van der Waals surface area (Å²) in [5.74, 6) is -0.969. The molecule has 1 atom stereocenters. The number of fused-ring (bicyclic) bond motifs is 1. The van der Waals surface area contributed by atoms with Crippen LogP contribution in [-0.4, -0.2) is 31.1 Å². The Morgan fingerprint density at radius 1 is 0.900 bits per heavy atom. The van der Waals surface area contributed by atoms with Gasteiger partial charge in [-0.3, -0.25) is 10.1 Å². The van der Waals surface area contributed by atoms with E-state index >= 15 is 0 Å². The monoisotopic (exact) mass is 406 g/mol. The van der Waals surface area contributed by atoms with Gasteiger partial charge in [-0.15, -0.1) is 0 Å². The Morgan fingerprint density at radius 3 is 2.33 bits per heavy atom. The zero-order valence-electron chi connectivity index (χ0n) is 16.5. The van der Waals surface area contributed by atoms with Gasteiger partial charge >= 0.3 is 12.0 Å². The summed E-state index contributed by atoms with van der Waals surface area (Å²) in [5.41, 5.74) is 0.443. The maximum atomic E-state index is 12.5. The van der Waals surface area contributed by atoms with E-state index in [4.69, 9.17) is 9.47 Å². The summed E-state index contributed by atoms with van der Waals surface area (Å²) in [6, 6.07) is 21.0. The van der Waals surface area contributed by atoms with E-state index in [9.17, 15) is 14.4 Å². The van der Waals surface area contributed by atoms with E-state index in [2.05, 4.69) is 10.6 Å². The zero-order valence-corrected chi connectivity index (χ0v) is 16.5. The number of imide groups is 1. The van der Waals surface area contributed by atoms with Gasteiger partial charge < -0.3 is 14.8 Å². The van der Waals surface area contributed by atoms with Crippen LogP contribution in [0.3, 0.4) is 0 Å². The molecule has 0 saturated heterocycles. The summed E-state index contributed by atoms with van der Waals surface area (Å²) in [4.78, 5) is 36.5.